The second-order valence-electron chi connectivity index (χ2n) is 6.27. The van der Waals surface area contributed by atoms with Crippen LogP contribution >= 0.6 is 0 Å². The van der Waals surface area contributed by atoms with Gasteiger partial charge in [0.05, 0.1) is 11.5 Å². The van der Waals surface area contributed by atoms with Crippen LogP contribution < -0.4 is 4.74 Å². The molecule has 0 spiro atoms. The van der Waals surface area contributed by atoms with Crippen molar-refractivity contribution in [2.24, 2.45) is 5.92 Å². The van der Waals surface area contributed by atoms with Crippen molar-refractivity contribution in [1.82, 2.24) is 0 Å². The average molecular weight is 349 g/mol. The van der Waals surface area contributed by atoms with Gasteiger partial charge in [-0.15, -0.1) is 0 Å². The smallest absolute Gasteiger partial charge is 0.311 e. The van der Waals surface area contributed by atoms with Crippen molar-refractivity contribution in [2.75, 3.05) is 6.61 Å². The summed E-state index contributed by atoms with van der Waals surface area (Å²) in [7, 11) is 0. The van der Waals surface area contributed by atoms with E-state index in [-0.39, 0.29) is 30.2 Å². The molecule has 1 aromatic carbocycles. The van der Waals surface area contributed by atoms with Crippen molar-refractivity contribution in [2.45, 2.75) is 51.4 Å². The lowest BCUT2D eigenvalue weighted by Crippen LogP contribution is -2.17. The summed E-state index contributed by atoms with van der Waals surface area (Å²) in [6.45, 7) is 0.478. The first kappa shape index (κ1) is 18.9. The number of benzene rings is 1. The number of esters is 2. The summed E-state index contributed by atoms with van der Waals surface area (Å²) in [6.07, 6.45) is 6.55. The molecule has 0 N–H and O–H groups in total. The third-order valence-electron chi connectivity index (χ3n) is 4.25. The Balaban J connectivity index is 1.61. The Morgan fingerprint density at radius 2 is 1.68 bits per heavy atom. The molecular weight excluding hydrogens is 326 g/mol. The van der Waals surface area contributed by atoms with Gasteiger partial charge in [0.15, 0.2) is 0 Å². The maximum Gasteiger partial charge on any atom is 0.311 e. The highest BCUT2D eigenvalue weighted by Gasteiger charge is 2.16. The molecule has 0 bridgehead atoms. The number of carbonyl (C=O) groups is 2. The van der Waals surface area contributed by atoms with Gasteiger partial charge in [-0.1, -0.05) is 19.3 Å². The fraction of sp³-hybridized carbons (Fsp3) is 0.556. The standard InChI is InChI=1S/C18H23NO6/c20-17(24-13-14-5-2-1-3-6-14)7-4-8-18(21)25-16-11-9-15(10-12-16)19(22)23/h9-12,14H,1-8,13H2. The van der Waals surface area contributed by atoms with Gasteiger partial charge in [0.1, 0.15) is 5.75 Å². The minimum absolute atomic E-state index is 0.0690. The fourth-order valence-electron chi connectivity index (χ4n) is 2.83. The second kappa shape index (κ2) is 9.76. The van der Waals surface area contributed by atoms with Gasteiger partial charge >= 0.3 is 11.9 Å². The number of carbonyl (C=O) groups excluding carboxylic acids is 2. The van der Waals surface area contributed by atoms with Gasteiger partial charge in [0.2, 0.25) is 0 Å². The zero-order valence-electron chi connectivity index (χ0n) is 14.1. The van der Waals surface area contributed by atoms with Gasteiger partial charge in [-0.2, -0.15) is 0 Å². The Morgan fingerprint density at radius 3 is 2.32 bits per heavy atom. The SMILES string of the molecule is O=C(CCCC(=O)Oc1ccc([N+](=O)[O-])cc1)OCC1CCCCC1. The lowest BCUT2D eigenvalue weighted by atomic mass is 9.90. The van der Waals surface area contributed by atoms with Gasteiger partial charge in [-0.25, -0.2) is 0 Å². The number of hydrogen-bond donors (Lipinski definition) is 0. The second-order valence-corrected chi connectivity index (χ2v) is 6.27. The van der Waals surface area contributed by atoms with Crippen molar-refractivity contribution in [1.29, 1.82) is 0 Å². The Kier molecular flexibility index (Phi) is 7.37. The first-order chi connectivity index (χ1) is 12.0. The lowest BCUT2D eigenvalue weighted by molar-refractivity contribution is -0.384. The molecule has 1 aliphatic rings. The molecule has 7 heteroatoms. The monoisotopic (exact) mass is 349 g/mol. The van der Waals surface area contributed by atoms with E-state index in [1.807, 2.05) is 0 Å². The topological polar surface area (TPSA) is 95.7 Å². The third-order valence-corrected chi connectivity index (χ3v) is 4.25. The molecule has 25 heavy (non-hydrogen) atoms. The molecule has 0 atom stereocenters. The van der Waals surface area contributed by atoms with E-state index >= 15 is 0 Å². The van der Waals surface area contributed by atoms with E-state index in [9.17, 15) is 19.7 Å². The van der Waals surface area contributed by atoms with E-state index in [4.69, 9.17) is 9.47 Å². The predicted molar refractivity (Wildman–Crippen MR) is 90.1 cm³/mol. The molecule has 1 saturated carbocycles. The maximum atomic E-state index is 11.7. The van der Waals surface area contributed by atoms with Crippen molar-refractivity contribution in [3.05, 3.63) is 34.4 Å². The molecule has 1 fully saturated rings. The quantitative estimate of drug-likeness (QED) is 0.307. The summed E-state index contributed by atoms with van der Waals surface area (Å²) < 4.78 is 10.3. The van der Waals surface area contributed by atoms with Crippen LogP contribution in [0.4, 0.5) is 5.69 Å². The van der Waals surface area contributed by atoms with Crippen LogP contribution in [0.5, 0.6) is 5.75 Å². The fourth-order valence-corrected chi connectivity index (χ4v) is 2.83. The molecule has 0 radical (unpaired) electrons. The van der Waals surface area contributed by atoms with Crippen LogP contribution in [0.3, 0.4) is 0 Å². The number of nitrogens with zero attached hydrogens (tertiary/aromatic N) is 1. The van der Waals surface area contributed by atoms with Crippen LogP contribution in [0.1, 0.15) is 51.4 Å². The molecule has 0 heterocycles. The molecule has 2 rings (SSSR count). The highest BCUT2D eigenvalue weighted by molar-refractivity contribution is 5.74. The molecule has 0 aliphatic heterocycles. The number of hydrogen-bond acceptors (Lipinski definition) is 6. The van der Waals surface area contributed by atoms with E-state index in [1.54, 1.807) is 0 Å². The summed E-state index contributed by atoms with van der Waals surface area (Å²) in [5.74, 6) is -0.0390. The van der Waals surface area contributed by atoms with Crippen molar-refractivity contribution >= 4 is 17.6 Å². The molecule has 0 unspecified atom stereocenters. The van der Waals surface area contributed by atoms with E-state index in [0.29, 0.717) is 18.9 Å². The van der Waals surface area contributed by atoms with Crippen molar-refractivity contribution in [3.63, 3.8) is 0 Å². The minimum Gasteiger partial charge on any atom is -0.465 e. The molecule has 1 aromatic rings. The van der Waals surface area contributed by atoms with Gasteiger partial charge < -0.3 is 9.47 Å². The first-order valence-corrected chi connectivity index (χ1v) is 8.65. The van der Waals surface area contributed by atoms with Gasteiger partial charge in [0, 0.05) is 25.0 Å². The zero-order valence-corrected chi connectivity index (χ0v) is 14.1. The molecule has 7 nitrogen and oxygen atoms in total. The Labute approximate surface area is 146 Å². The van der Waals surface area contributed by atoms with Crippen LogP contribution in [0.15, 0.2) is 24.3 Å². The normalized spacial score (nSPS) is 14.7. The molecule has 136 valence electrons. The van der Waals surface area contributed by atoms with E-state index in [1.165, 1.54) is 43.5 Å². The Bertz CT molecular complexity index is 592. The Hall–Kier alpha value is -2.44. The van der Waals surface area contributed by atoms with Crippen LogP contribution in [-0.4, -0.2) is 23.5 Å². The third kappa shape index (κ3) is 6.91. The van der Waals surface area contributed by atoms with Gasteiger partial charge in [-0.05, 0) is 37.3 Å². The van der Waals surface area contributed by atoms with E-state index in [2.05, 4.69) is 0 Å². The number of ether oxygens (including phenoxy) is 2. The van der Waals surface area contributed by atoms with Crippen LogP contribution in [-0.2, 0) is 14.3 Å². The van der Waals surface area contributed by atoms with E-state index in [0.717, 1.165) is 12.8 Å². The molecule has 0 saturated heterocycles. The average Bonchev–Trinajstić information content (AvgIpc) is 2.61. The van der Waals surface area contributed by atoms with Gasteiger partial charge in [-0.3, -0.25) is 19.7 Å². The summed E-state index contributed by atoms with van der Waals surface area (Å²) in [4.78, 5) is 33.4. The summed E-state index contributed by atoms with van der Waals surface area (Å²) in [6, 6.07) is 5.28. The molecule has 0 aromatic heterocycles. The zero-order chi connectivity index (χ0) is 18.1. The van der Waals surface area contributed by atoms with Crippen LogP contribution in [0.2, 0.25) is 0 Å². The highest BCUT2D eigenvalue weighted by Crippen LogP contribution is 2.24. The maximum absolute atomic E-state index is 11.7. The number of rotatable bonds is 8. The minimum atomic E-state index is -0.523. The molecule has 1 aliphatic carbocycles. The molecular formula is C18H23NO6. The van der Waals surface area contributed by atoms with Crippen LogP contribution in [0.25, 0.3) is 0 Å². The number of non-ortho nitro benzene ring substituents is 1. The predicted octanol–water partition coefficient (Wildman–Crippen LogP) is 3.79. The molecule has 0 amide bonds. The number of nitro benzene ring substituents is 1. The summed E-state index contributed by atoms with van der Waals surface area (Å²) in [5, 5.41) is 10.5. The highest BCUT2D eigenvalue weighted by atomic mass is 16.6. The largest absolute Gasteiger partial charge is 0.465 e. The number of nitro groups is 1. The Morgan fingerprint density at radius 1 is 1.04 bits per heavy atom. The van der Waals surface area contributed by atoms with Crippen molar-refractivity contribution < 1.29 is 24.0 Å². The van der Waals surface area contributed by atoms with E-state index < -0.39 is 10.9 Å². The summed E-state index contributed by atoms with van der Waals surface area (Å²) in [5.41, 5.74) is -0.0690. The lowest BCUT2D eigenvalue weighted by Gasteiger charge is -2.20. The van der Waals surface area contributed by atoms with Gasteiger partial charge in [0.25, 0.3) is 5.69 Å². The van der Waals surface area contributed by atoms with Crippen LogP contribution in [0, 0.1) is 16.0 Å². The van der Waals surface area contributed by atoms with Crippen molar-refractivity contribution in [3.8, 4) is 5.75 Å². The first-order valence-electron chi connectivity index (χ1n) is 8.65. The summed E-state index contributed by atoms with van der Waals surface area (Å²) >= 11 is 0.